The molecule has 9 heteroatoms. The molecule has 2 fully saturated rings. The highest BCUT2D eigenvalue weighted by atomic mass is 16.2. The number of hydrogen-bond donors (Lipinski definition) is 2. The highest BCUT2D eigenvalue weighted by molar-refractivity contribution is 6.09. The van der Waals surface area contributed by atoms with E-state index in [1.54, 1.807) is 48.5 Å². The van der Waals surface area contributed by atoms with Gasteiger partial charge in [0.1, 0.15) is 5.54 Å². The molecule has 0 bridgehead atoms. The number of carbonyl (C=O) groups is 4. The van der Waals surface area contributed by atoms with Gasteiger partial charge in [-0.25, -0.2) is 4.79 Å². The predicted molar refractivity (Wildman–Crippen MR) is 131 cm³/mol. The van der Waals surface area contributed by atoms with Gasteiger partial charge in [0, 0.05) is 30.4 Å². The molecular weight excluding hydrogens is 458 g/mol. The molecule has 184 valence electrons. The highest BCUT2D eigenvalue weighted by Gasteiger charge is 2.43. The second-order valence-electron chi connectivity index (χ2n) is 9.54. The maximum atomic E-state index is 13.1. The van der Waals surface area contributed by atoms with Crippen LogP contribution in [0.2, 0.25) is 0 Å². The number of carbonyl (C=O) groups excluding carboxylic acids is 4. The average molecular weight is 486 g/mol. The summed E-state index contributed by atoms with van der Waals surface area (Å²) in [5, 5.41) is 9.29. The van der Waals surface area contributed by atoms with Crippen molar-refractivity contribution in [1.82, 2.24) is 25.3 Å². The van der Waals surface area contributed by atoms with Crippen LogP contribution in [0.4, 0.5) is 4.79 Å². The van der Waals surface area contributed by atoms with Crippen LogP contribution in [0.3, 0.4) is 0 Å². The molecule has 4 amide bonds. The molecule has 9 nitrogen and oxygen atoms in total. The quantitative estimate of drug-likeness (QED) is 0.426. The van der Waals surface area contributed by atoms with Crippen LogP contribution in [0.15, 0.2) is 60.9 Å². The number of urea groups is 1. The van der Waals surface area contributed by atoms with Crippen LogP contribution < -0.4 is 10.6 Å². The molecule has 0 radical (unpaired) electrons. The van der Waals surface area contributed by atoms with E-state index < -0.39 is 17.5 Å². The van der Waals surface area contributed by atoms with E-state index in [4.69, 9.17) is 0 Å². The van der Waals surface area contributed by atoms with Crippen LogP contribution >= 0.6 is 0 Å². The van der Waals surface area contributed by atoms with Gasteiger partial charge in [-0.15, -0.1) is 0 Å². The number of benzene rings is 2. The minimum absolute atomic E-state index is 0.0548. The SMILES string of the molecule is Cc1ccc(C(=O)c2cnn(C3CCN(C(=O)c4ccc([C@@]5(C)NC(=O)NC5=O)cc4)CC3)c2)cc1. The van der Waals surface area contributed by atoms with Crippen LogP contribution in [0.1, 0.15) is 63.2 Å². The molecule has 3 heterocycles. The van der Waals surface area contributed by atoms with Crippen molar-refractivity contribution in [2.75, 3.05) is 13.1 Å². The summed E-state index contributed by atoms with van der Waals surface area (Å²) in [7, 11) is 0. The Kier molecular flexibility index (Phi) is 5.91. The van der Waals surface area contributed by atoms with E-state index in [2.05, 4.69) is 15.7 Å². The van der Waals surface area contributed by atoms with E-state index >= 15 is 0 Å². The van der Waals surface area contributed by atoms with E-state index in [-0.39, 0.29) is 17.7 Å². The van der Waals surface area contributed by atoms with Crippen molar-refractivity contribution in [2.45, 2.75) is 38.3 Å². The smallest absolute Gasteiger partial charge is 0.322 e. The van der Waals surface area contributed by atoms with Crippen molar-refractivity contribution >= 4 is 23.6 Å². The number of rotatable bonds is 5. The lowest BCUT2D eigenvalue weighted by molar-refractivity contribution is -0.123. The van der Waals surface area contributed by atoms with Gasteiger partial charge in [-0.1, -0.05) is 42.0 Å². The van der Waals surface area contributed by atoms with Crippen LogP contribution in [-0.4, -0.2) is 51.4 Å². The Hall–Kier alpha value is -4.27. The Bertz CT molecular complexity index is 1340. The van der Waals surface area contributed by atoms with Gasteiger partial charge in [-0.2, -0.15) is 5.10 Å². The molecule has 1 aromatic heterocycles. The summed E-state index contributed by atoms with van der Waals surface area (Å²) < 4.78 is 1.83. The molecule has 2 aliphatic rings. The summed E-state index contributed by atoms with van der Waals surface area (Å²) in [6.07, 6.45) is 4.86. The van der Waals surface area contributed by atoms with Crippen LogP contribution in [-0.2, 0) is 10.3 Å². The number of aromatic nitrogens is 2. The van der Waals surface area contributed by atoms with Crippen LogP contribution in [0.5, 0.6) is 0 Å². The Morgan fingerprint density at radius 3 is 2.19 bits per heavy atom. The fourth-order valence-electron chi connectivity index (χ4n) is 4.74. The number of ketones is 1. The number of aryl methyl sites for hydroxylation is 1. The minimum atomic E-state index is -1.15. The topological polar surface area (TPSA) is 113 Å². The lowest BCUT2D eigenvalue weighted by Crippen LogP contribution is -2.41. The third-order valence-electron chi connectivity index (χ3n) is 7.06. The Labute approximate surface area is 208 Å². The maximum Gasteiger partial charge on any atom is 0.322 e. The Balaban J connectivity index is 1.20. The van der Waals surface area contributed by atoms with Gasteiger partial charge in [0.2, 0.25) is 0 Å². The number of hydrogen-bond acceptors (Lipinski definition) is 5. The zero-order valence-electron chi connectivity index (χ0n) is 20.2. The molecule has 0 aliphatic carbocycles. The van der Waals surface area contributed by atoms with Crippen molar-refractivity contribution in [2.24, 2.45) is 0 Å². The van der Waals surface area contributed by atoms with E-state index in [1.165, 1.54) is 0 Å². The van der Waals surface area contributed by atoms with E-state index in [9.17, 15) is 19.2 Å². The van der Waals surface area contributed by atoms with E-state index in [0.717, 1.165) is 18.4 Å². The Morgan fingerprint density at radius 1 is 0.944 bits per heavy atom. The second-order valence-corrected chi connectivity index (χ2v) is 9.54. The summed E-state index contributed by atoms with van der Waals surface area (Å²) >= 11 is 0. The standard InChI is InChI=1S/C27H27N5O4/c1-17-3-5-18(6-4-17)23(33)20-15-28-32(16-20)22-11-13-31(14-12-22)24(34)19-7-9-21(10-8-19)27(2)25(35)29-26(36)30-27/h3-10,15-16,22H,11-14H2,1-2H3,(H2,29,30,35,36)/t27-/m1/s1. The lowest BCUT2D eigenvalue weighted by atomic mass is 9.91. The molecule has 3 aromatic rings. The summed E-state index contributed by atoms with van der Waals surface area (Å²) in [5.74, 6) is -0.558. The molecule has 2 aliphatic heterocycles. The zero-order valence-corrected chi connectivity index (χ0v) is 20.2. The number of likely N-dealkylation sites (tertiary alicyclic amines) is 1. The van der Waals surface area contributed by atoms with Gasteiger partial charge in [0.25, 0.3) is 11.8 Å². The summed E-state index contributed by atoms with van der Waals surface area (Å²) in [6.45, 7) is 4.75. The summed E-state index contributed by atoms with van der Waals surface area (Å²) in [6, 6.07) is 13.8. The number of amides is 4. The minimum Gasteiger partial charge on any atom is -0.338 e. The molecule has 36 heavy (non-hydrogen) atoms. The monoisotopic (exact) mass is 485 g/mol. The molecule has 5 rings (SSSR count). The molecule has 2 saturated heterocycles. The third-order valence-corrected chi connectivity index (χ3v) is 7.06. The third kappa shape index (κ3) is 4.28. The first-order valence-corrected chi connectivity index (χ1v) is 11.9. The average Bonchev–Trinajstić information content (AvgIpc) is 3.48. The van der Waals surface area contributed by atoms with E-state index in [1.807, 2.05) is 35.9 Å². The van der Waals surface area contributed by atoms with Crippen LogP contribution in [0, 0.1) is 6.92 Å². The second kappa shape index (κ2) is 9.07. The summed E-state index contributed by atoms with van der Waals surface area (Å²) in [4.78, 5) is 51.3. The first kappa shape index (κ1) is 23.5. The van der Waals surface area contributed by atoms with Crippen LogP contribution in [0.25, 0.3) is 0 Å². The highest BCUT2D eigenvalue weighted by Crippen LogP contribution is 2.27. The molecule has 0 spiro atoms. The molecule has 2 aromatic carbocycles. The van der Waals surface area contributed by atoms with Gasteiger partial charge in [0.05, 0.1) is 17.8 Å². The number of nitrogens with zero attached hydrogens (tertiary/aromatic N) is 3. The normalized spacial score (nSPS) is 20.2. The molecular formula is C27H27N5O4. The molecule has 0 saturated carbocycles. The van der Waals surface area contributed by atoms with Crippen molar-refractivity contribution in [3.05, 3.63) is 88.7 Å². The van der Waals surface area contributed by atoms with E-state index in [0.29, 0.717) is 35.3 Å². The number of nitrogens with one attached hydrogen (secondary N) is 2. The van der Waals surface area contributed by atoms with Gasteiger partial charge in [-0.3, -0.25) is 24.4 Å². The van der Waals surface area contributed by atoms with Crippen molar-refractivity contribution in [3.8, 4) is 0 Å². The largest absolute Gasteiger partial charge is 0.338 e. The Morgan fingerprint density at radius 2 is 1.58 bits per heavy atom. The zero-order chi connectivity index (χ0) is 25.4. The van der Waals surface area contributed by atoms with Gasteiger partial charge >= 0.3 is 6.03 Å². The maximum absolute atomic E-state index is 13.1. The predicted octanol–water partition coefficient (Wildman–Crippen LogP) is 2.95. The fraction of sp³-hybridized carbons (Fsp3) is 0.296. The van der Waals surface area contributed by atoms with Gasteiger partial charge in [0.15, 0.2) is 5.78 Å². The molecule has 2 N–H and O–H groups in total. The first-order valence-electron chi connectivity index (χ1n) is 11.9. The summed E-state index contributed by atoms with van der Waals surface area (Å²) in [5.41, 5.74) is 2.27. The fourth-order valence-corrected chi connectivity index (χ4v) is 4.74. The van der Waals surface area contributed by atoms with Crippen molar-refractivity contribution < 1.29 is 19.2 Å². The van der Waals surface area contributed by atoms with Crippen molar-refractivity contribution in [3.63, 3.8) is 0 Å². The van der Waals surface area contributed by atoms with Gasteiger partial charge in [-0.05, 0) is 44.4 Å². The molecule has 1 atom stereocenters. The molecule has 0 unspecified atom stereocenters. The lowest BCUT2D eigenvalue weighted by Gasteiger charge is -2.32. The number of piperidine rings is 1. The van der Waals surface area contributed by atoms with Gasteiger partial charge < -0.3 is 10.2 Å². The first-order chi connectivity index (χ1) is 17.2. The van der Waals surface area contributed by atoms with Crippen molar-refractivity contribution in [1.29, 1.82) is 0 Å². The number of imide groups is 1.